The summed E-state index contributed by atoms with van der Waals surface area (Å²) in [6, 6.07) is 0. The van der Waals surface area contributed by atoms with Crippen LogP contribution in [-0.2, 0) is 20.4 Å². The van der Waals surface area contributed by atoms with Crippen LogP contribution in [0.5, 0.6) is 0 Å². The molecular weight excluding hydrogens is 202 g/mol. The third kappa shape index (κ3) is 9.50. The summed E-state index contributed by atoms with van der Waals surface area (Å²) in [6.07, 6.45) is 0.366. The Morgan fingerprint density at radius 1 is 1.09 bits per heavy atom. The van der Waals surface area contributed by atoms with E-state index < -0.39 is 26.2 Å². The van der Waals surface area contributed by atoms with E-state index in [2.05, 4.69) is 0 Å². The predicted molar refractivity (Wildman–Crippen MR) is 34.1 cm³/mol. The number of hydrogen-bond acceptors (Lipinski definition) is 4. The van der Waals surface area contributed by atoms with Crippen LogP contribution in [-0.4, -0.2) is 22.6 Å². The van der Waals surface area contributed by atoms with Gasteiger partial charge in [-0.1, -0.05) is 6.08 Å². The van der Waals surface area contributed by atoms with E-state index >= 15 is 0 Å². The van der Waals surface area contributed by atoms with Crippen molar-refractivity contribution in [2.24, 2.45) is 0 Å². The van der Waals surface area contributed by atoms with Crippen LogP contribution in [0.3, 0.4) is 0 Å². The van der Waals surface area contributed by atoms with Gasteiger partial charge in [-0.15, -0.1) is 7.77 Å². The van der Waals surface area contributed by atoms with E-state index in [4.69, 9.17) is 0 Å². The molecule has 0 radical (unpaired) electrons. The molecule has 0 N–H and O–H groups in total. The summed E-state index contributed by atoms with van der Waals surface area (Å²) in [5.74, 6) is -1.14. The number of rotatable bonds is 3. The zero-order valence-electron chi connectivity index (χ0n) is 5.07. The first kappa shape index (κ1) is 10.5. The molecule has 0 unspecified atom stereocenters. The average Bonchev–Trinajstić information content (AvgIpc) is 1.55. The Morgan fingerprint density at radius 2 is 1.55 bits per heavy atom. The van der Waals surface area contributed by atoms with Gasteiger partial charge in [0.25, 0.3) is 0 Å². The van der Waals surface area contributed by atoms with E-state index in [1.54, 1.807) is 0 Å². The van der Waals surface area contributed by atoms with Gasteiger partial charge in [-0.05, 0) is 0 Å². The van der Waals surface area contributed by atoms with Gasteiger partial charge in [-0.2, -0.15) is 16.8 Å². The lowest BCUT2D eigenvalue weighted by molar-refractivity contribution is 0.555. The number of halogens is 2. The molecule has 0 amide bonds. The maximum atomic E-state index is 11.6. The fourth-order valence-corrected chi connectivity index (χ4v) is 1.04. The highest BCUT2D eigenvalue weighted by atomic mass is 32.3. The van der Waals surface area contributed by atoms with Crippen LogP contribution in [0.2, 0.25) is 0 Å². The first-order chi connectivity index (χ1) is 4.71. The summed E-state index contributed by atoms with van der Waals surface area (Å²) < 4.78 is 61.8. The van der Waals surface area contributed by atoms with Gasteiger partial charge in [0.05, 0.1) is 11.2 Å². The van der Waals surface area contributed by atoms with Gasteiger partial charge in [-0.25, -0.2) is 0 Å². The predicted octanol–water partition coefficient (Wildman–Crippen LogP) is 0.0987. The second-order valence-corrected chi connectivity index (χ2v) is 4.19. The van der Waals surface area contributed by atoms with E-state index in [0.29, 0.717) is 6.08 Å². The van der Waals surface area contributed by atoms with Gasteiger partial charge in [-0.3, -0.25) is 0 Å². The molecule has 0 rings (SSSR count). The molecule has 0 spiro atoms. The quantitative estimate of drug-likeness (QED) is 0.614. The fourth-order valence-electron chi connectivity index (χ4n) is 0.269. The Hall–Kier alpha value is -0.500. The van der Waals surface area contributed by atoms with Crippen molar-refractivity contribution in [2.75, 3.05) is 5.75 Å². The SMILES string of the molecule is O=S(=O)(F)C=CCS(=O)(=O)F. The molecule has 0 atom stereocenters. The largest absolute Gasteiger partial charge is 0.324 e. The van der Waals surface area contributed by atoms with Crippen LogP contribution in [0.4, 0.5) is 7.77 Å². The van der Waals surface area contributed by atoms with Crippen LogP contribution in [0, 0.1) is 0 Å². The molecule has 0 bridgehead atoms. The topological polar surface area (TPSA) is 68.3 Å². The van der Waals surface area contributed by atoms with Crippen LogP contribution in [0.25, 0.3) is 0 Å². The van der Waals surface area contributed by atoms with E-state index in [0.717, 1.165) is 0 Å². The Kier molecular flexibility index (Phi) is 3.12. The van der Waals surface area contributed by atoms with E-state index in [1.807, 2.05) is 0 Å². The molecule has 0 fully saturated rings. The van der Waals surface area contributed by atoms with Crippen LogP contribution >= 0.6 is 0 Å². The normalized spacial score (nSPS) is 14.0. The molecule has 0 aliphatic rings. The highest BCUT2D eigenvalue weighted by Gasteiger charge is 2.04. The smallest absolute Gasteiger partial charge is 0.195 e. The second-order valence-electron chi connectivity index (χ2n) is 1.55. The third-order valence-corrected chi connectivity index (χ3v) is 1.66. The minimum atomic E-state index is -4.86. The molecule has 66 valence electrons. The van der Waals surface area contributed by atoms with Gasteiger partial charge in [0.15, 0.2) is 0 Å². The summed E-state index contributed by atoms with van der Waals surface area (Å²) in [5, 5.41) is -0.0237. The van der Waals surface area contributed by atoms with E-state index in [1.165, 1.54) is 0 Å². The van der Waals surface area contributed by atoms with E-state index in [9.17, 15) is 24.6 Å². The average molecular weight is 206 g/mol. The lowest BCUT2D eigenvalue weighted by atomic mass is 10.8. The summed E-state index contributed by atoms with van der Waals surface area (Å²) in [5.41, 5.74) is 0. The zero-order valence-corrected chi connectivity index (χ0v) is 6.70. The molecule has 4 nitrogen and oxygen atoms in total. The molecule has 0 aromatic carbocycles. The van der Waals surface area contributed by atoms with Crippen molar-refractivity contribution in [3.63, 3.8) is 0 Å². The van der Waals surface area contributed by atoms with Crippen LogP contribution in [0.15, 0.2) is 11.5 Å². The lowest BCUT2D eigenvalue weighted by Gasteiger charge is -1.82. The molecule has 0 aliphatic carbocycles. The van der Waals surface area contributed by atoms with Crippen LogP contribution < -0.4 is 0 Å². The second kappa shape index (κ2) is 3.26. The maximum absolute atomic E-state index is 11.6. The van der Waals surface area contributed by atoms with Gasteiger partial charge in [0, 0.05) is 0 Å². The zero-order chi connectivity index (χ0) is 9.12. The summed E-state index contributed by atoms with van der Waals surface area (Å²) in [4.78, 5) is 0. The third-order valence-electron chi connectivity index (χ3n) is 0.554. The molecule has 0 saturated heterocycles. The summed E-state index contributed by atoms with van der Waals surface area (Å²) >= 11 is 0. The Balaban J connectivity index is 4.23. The van der Waals surface area contributed by atoms with Crippen molar-refractivity contribution < 1.29 is 24.6 Å². The lowest BCUT2D eigenvalue weighted by Crippen LogP contribution is -1.94. The molecule has 0 heterocycles. The molecule has 0 aliphatic heterocycles. The molecule has 0 aromatic rings. The van der Waals surface area contributed by atoms with Gasteiger partial charge in [0.2, 0.25) is 0 Å². The van der Waals surface area contributed by atoms with Crippen molar-refractivity contribution in [2.45, 2.75) is 0 Å². The molecule has 0 aromatic heterocycles. The van der Waals surface area contributed by atoms with E-state index in [-0.39, 0.29) is 5.41 Å². The highest BCUT2D eigenvalue weighted by molar-refractivity contribution is 7.89. The molecule has 0 saturated carbocycles. The fraction of sp³-hybridized carbons (Fsp3) is 0.333. The minimum absolute atomic E-state index is 0.0237. The van der Waals surface area contributed by atoms with Gasteiger partial charge in [0.1, 0.15) is 0 Å². The molecule has 8 heteroatoms. The van der Waals surface area contributed by atoms with Gasteiger partial charge >= 0.3 is 20.4 Å². The Morgan fingerprint density at radius 3 is 1.82 bits per heavy atom. The maximum Gasteiger partial charge on any atom is 0.324 e. The number of hydrogen-bond donors (Lipinski definition) is 0. The molecular formula is C3H4F2O4S2. The first-order valence-corrected chi connectivity index (χ1v) is 5.24. The Bertz CT molecular complexity index is 338. The summed E-state index contributed by atoms with van der Waals surface area (Å²) in [7, 11) is -9.62. The van der Waals surface area contributed by atoms with Gasteiger partial charge < -0.3 is 0 Å². The highest BCUT2D eigenvalue weighted by Crippen LogP contribution is 1.96. The minimum Gasteiger partial charge on any atom is -0.195 e. The first-order valence-electron chi connectivity index (χ1n) is 2.24. The van der Waals surface area contributed by atoms with Crippen molar-refractivity contribution in [1.29, 1.82) is 0 Å². The summed E-state index contributed by atoms with van der Waals surface area (Å²) in [6.45, 7) is 0. The monoisotopic (exact) mass is 206 g/mol. The van der Waals surface area contributed by atoms with Crippen molar-refractivity contribution >= 4 is 20.4 Å². The van der Waals surface area contributed by atoms with Crippen molar-refractivity contribution in [3.8, 4) is 0 Å². The van der Waals surface area contributed by atoms with Crippen molar-refractivity contribution in [3.05, 3.63) is 11.5 Å². The molecule has 11 heavy (non-hydrogen) atoms. The Labute approximate surface area is 63.0 Å². The van der Waals surface area contributed by atoms with Crippen molar-refractivity contribution in [1.82, 2.24) is 0 Å². The standard InChI is InChI=1S/C3H4F2O4S2/c4-10(6,7)2-1-3-11(5,8)9/h1-2H,3H2. The van der Waals surface area contributed by atoms with Crippen LogP contribution in [0.1, 0.15) is 0 Å².